The van der Waals surface area contributed by atoms with E-state index in [1.165, 1.54) is 0 Å². The maximum Gasteiger partial charge on any atom is 0.179 e. The van der Waals surface area contributed by atoms with Gasteiger partial charge in [0.15, 0.2) is 11.5 Å². The summed E-state index contributed by atoms with van der Waals surface area (Å²) in [4.78, 5) is 0. The third kappa shape index (κ3) is 3.71. The summed E-state index contributed by atoms with van der Waals surface area (Å²) in [6.45, 7) is 2.89. The van der Waals surface area contributed by atoms with E-state index in [-0.39, 0.29) is 0 Å². The Bertz CT molecular complexity index is 583. The van der Waals surface area contributed by atoms with Crippen molar-refractivity contribution in [2.75, 3.05) is 19.8 Å². The molecule has 2 aromatic rings. The lowest BCUT2D eigenvalue weighted by Gasteiger charge is -2.12. The topological polar surface area (TPSA) is 43.6 Å². The van der Waals surface area contributed by atoms with Crippen LogP contribution in [0, 0.1) is 0 Å². The van der Waals surface area contributed by atoms with Crippen molar-refractivity contribution in [2.45, 2.75) is 19.4 Å². The molecule has 0 saturated heterocycles. The second-order valence-corrected chi connectivity index (χ2v) is 5.37. The predicted molar refractivity (Wildman–Crippen MR) is 81.2 cm³/mol. The summed E-state index contributed by atoms with van der Waals surface area (Å²) in [5, 5.41) is 3.98. The fourth-order valence-electron chi connectivity index (χ4n) is 2.29. The van der Waals surface area contributed by atoms with E-state index in [4.69, 9.17) is 25.5 Å². The molecular weight excluding hydrogens is 290 g/mol. The molecule has 1 N–H and O–H groups in total. The van der Waals surface area contributed by atoms with Crippen LogP contribution in [-0.4, -0.2) is 19.8 Å². The van der Waals surface area contributed by atoms with Gasteiger partial charge in [0.05, 0.1) is 24.5 Å². The molecule has 21 heavy (non-hydrogen) atoms. The summed E-state index contributed by atoms with van der Waals surface area (Å²) in [6.07, 6.45) is 3.44. The minimum atomic E-state index is 0.609. The van der Waals surface area contributed by atoms with Crippen LogP contribution in [0.3, 0.4) is 0 Å². The van der Waals surface area contributed by atoms with E-state index in [1.807, 2.05) is 24.3 Å². The molecule has 4 nitrogen and oxygen atoms in total. The first-order chi connectivity index (χ1) is 10.3. The molecule has 112 valence electrons. The van der Waals surface area contributed by atoms with Crippen molar-refractivity contribution in [1.29, 1.82) is 0 Å². The summed E-state index contributed by atoms with van der Waals surface area (Å²) in [7, 11) is 0. The van der Waals surface area contributed by atoms with Crippen molar-refractivity contribution >= 4 is 11.6 Å². The third-order valence-electron chi connectivity index (χ3n) is 3.32. The Morgan fingerprint density at radius 1 is 1.19 bits per heavy atom. The van der Waals surface area contributed by atoms with Crippen LogP contribution < -0.4 is 14.8 Å². The van der Waals surface area contributed by atoms with Crippen LogP contribution in [0.15, 0.2) is 34.9 Å². The van der Waals surface area contributed by atoms with E-state index in [1.54, 1.807) is 6.26 Å². The van der Waals surface area contributed by atoms with Gasteiger partial charge in [0, 0.05) is 25.9 Å². The maximum atomic E-state index is 6.27. The number of rotatable bonds is 5. The smallest absolute Gasteiger partial charge is 0.179 e. The van der Waals surface area contributed by atoms with E-state index in [2.05, 4.69) is 5.32 Å². The molecule has 3 rings (SSSR count). The fourth-order valence-corrected chi connectivity index (χ4v) is 2.57. The van der Waals surface area contributed by atoms with Gasteiger partial charge in [0.2, 0.25) is 0 Å². The number of ether oxygens (including phenoxy) is 2. The Hall–Kier alpha value is -1.65. The summed E-state index contributed by atoms with van der Waals surface area (Å²) in [5.74, 6) is 2.38. The minimum Gasteiger partial charge on any atom is -0.489 e. The zero-order chi connectivity index (χ0) is 14.5. The molecule has 0 unspecified atom stereocenters. The van der Waals surface area contributed by atoms with Crippen LogP contribution in [0.2, 0.25) is 5.02 Å². The van der Waals surface area contributed by atoms with E-state index < -0.39 is 0 Å². The Morgan fingerprint density at radius 2 is 2.10 bits per heavy atom. The monoisotopic (exact) mass is 307 g/mol. The van der Waals surface area contributed by atoms with Gasteiger partial charge in [-0.25, -0.2) is 0 Å². The van der Waals surface area contributed by atoms with Crippen LogP contribution in [-0.2, 0) is 13.0 Å². The van der Waals surface area contributed by atoms with Gasteiger partial charge in [-0.05, 0) is 29.8 Å². The molecule has 0 bridgehead atoms. The molecule has 0 amide bonds. The molecule has 2 heterocycles. The normalized spacial score (nSPS) is 14.0. The second-order valence-electron chi connectivity index (χ2n) is 4.96. The van der Waals surface area contributed by atoms with Crippen molar-refractivity contribution in [3.63, 3.8) is 0 Å². The Balaban J connectivity index is 1.58. The van der Waals surface area contributed by atoms with E-state index in [9.17, 15) is 0 Å². The molecule has 0 saturated carbocycles. The molecule has 5 heteroatoms. The van der Waals surface area contributed by atoms with Crippen LogP contribution >= 0.6 is 11.6 Å². The van der Waals surface area contributed by atoms with Crippen molar-refractivity contribution in [3.05, 3.63) is 46.9 Å². The van der Waals surface area contributed by atoms with Crippen LogP contribution in [0.25, 0.3) is 0 Å². The van der Waals surface area contributed by atoms with E-state index in [0.717, 1.165) is 43.0 Å². The average molecular weight is 308 g/mol. The average Bonchev–Trinajstić information content (AvgIpc) is 2.87. The first kappa shape index (κ1) is 14.3. The quantitative estimate of drug-likeness (QED) is 0.860. The number of benzene rings is 1. The largest absolute Gasteiger partial charge is 0.489 e. The highest BCUT2D eigenvalue weighted by Gasteiger charge is 2.15. The highest BCUT2D eigenvalue weighted by atomic mass is 35.5. The number of fused-ring (bicyclic) bond motifs is 1. The number of hydrogen-bond acceptors (Lipinski definition) is 4. The lowest BCUT2D eigenvalue weighted by atomic mass is 10.2. The number of furan rings is 1. The molecule has 1 aliphatic heterocycles. The zero-order valence-corrected chi connectivity index (χ0v) is 12.5. The minimum absolute atomic E-state index is 0.609. The number of halogens is 1. The van der Waals surface area contributed by atoms with Gasteiger partial charge >= 0.3 is 0 Å². The molecular formula is C16H18ClNO3. The summed E-state index contributed by atoms with van der Waals surface area (Å²) < 4.78 is 16.6. The lowest BCUT2D eigenvalue weighted by Crippen LogP contribution is -2.16. The van der Waals surface area contributed by atoms with Crippen molar-refractivity contribution in [1.82, 2.24) is 5.32 Å². The molecule has 1 aliphatic rings. The molecule has 1 aromatic carbocycles. The van der Waals surface area contributed by atoms with Crippen molar-refractivity contribution < 1.29 is 13.9 Å². The van der Waals surface area contributed by atoms with Crippen molar-refractivity contribution in [3.8, 4) is 11.5 Å². The molecule has 0 radical (unpaired) electrons. The molecule has 0 spiro atoms. The van der Waals surface area contributed by atoms with Gasteiger partial charge in [-0.3, -0.25) is 0 Å². The van der Waals surface area contributed by atoms with Gasteiger partial charge in [-0.2, -0.15) is 0 Å². The highest BCUT2D eigenvalue weighted by Crippen LogP contribution is 2.37. The van der Waals surface area contributed by atoms with Crippen molar-refractivity contribution in [2.24, 2.45) is 0 Å². The lowest BCUT2D eigenvalue weighted by molar-refractivity contribution is 0.297. The fraction of sp³-hybridized carbons (Fsp3) is 0.375. The Labute approximate surface area is 129 Å². The third-order valence-corrected chi connectivity index (χ3v) is 3.60. The maximum absolute atomic E-state index is 6.27. The standard InChI is InChI=1S/C16H18ClNO3/c17-14-9-12(10-15-16(14)21-8-2-7-20-15)11-18-5-4-13-3-1-6-19-13/h1,3,6,9-10,18H,2,4-5,7-8,11H2. The SMILES string of the molecule is Clc1cc(CNCCc2ccco2)cc2c1OCCCO2. The molecule has 0 atom stereocenters. The zero-order valence-electron chi connectivity index (χ0n) is 11.7. The van der Waals surface area contributed by atoms with Crippen LogP contribution in [0.5, 0.6) is 11.5 Å². The van der Waals surface area contributed by atoms with Gasteiger partial charge in [-0.15, -0.1) is 0 Å². The first-order valence-electron chi connectivity index (χ1n) is 7.14. The number of nitrogens with one attached hydrogen (secondary N) is 1. The first-order valence-corrected chi connectivity index (χ1v) is 7.52. The summed E-state index contributed by atoms with van der Waals surface area (Å²) in [5.41, 5.74) is 1.09. The van der Waals surface area contributed by atoms with Gasteiger partial charge < -0.3 is 19.2 Å². The second kappa shape index (κ2) is 6.87. The van der Waals surface area contributed by atoms with Gasteiger partial charge in [-0.1, -0.05) is 11.6 Å². The number of hydrogen-bond donors (Lipinski definition) is 1. The van der Waals surface area contributed by atoms with E-state index >= 15 is 0 Å². The van der Waals surface area contributed by atoms with Crippen LogP contribution in [0.1, 0.15) is 17.7 Å². The Kier molecular flexibility index (Phi) is 4.68. The van der Waals surface area contributed by atoms with E-state index in [0.29, 0.717) is 24.0 Å². The summed E-state index contributed by atoms with van der Waals surface area (Å²) in [6, 6.07) is 7.80. The molecule has 0 aliphatic carbocycles. The summed E-state index contributed by atoms with van der Waals surface area (Å²) >= 11 is 6.27. The Morgan fingerprint density at radius 3 is 2.95 bits per heavy atom. The van der Waals surface area contributed by atoms with Crippen LogP contribution in [0.4, 0.5) is 0 Å². The van der Waals surface area contributed by atoms with Gasteiger partial charge in [0.1, 0.15) is 5.76 Å². The highest BCUT2D eigenvalue weighted by molar-refractivity contribution is 6.32. The predicted octanol–water partition coefficient (Wildman–Crippen LogP) is 3.43. The van der Waals surface area contributed by atoms with Gasteiger partial charge in [0.25, 0.3) is 0 Å². The molecule has 0 fully saturated rings. The molecule has 1 aromatic heterocycles.